The van der Waals surface area contributed by atoms with Gasteiger partial charge in [-0.2, -0.15) is 0 Å². The molecule has 0 bridgehead atoms. The van der Waals surface area contributed by atoms with Crippen LogP contribution in [0.25, 0.3) is 6.08 Å². The van der Waals surface area contributed by atoms with Crippen molar-refractivity contribution >= 4 is 68.8 Å². The van der Waals surface area contributed by atoms with E-state index in [1.54, 1.807) is 12.1 Å². The summed E-state index contributed by atoms with van der Waals surface area (Å²) in [6.07, 6.45) is 1.83. The van der Waals surface area contributed by atoms with Crippen molar-refractivity contribution in [2.75, 3.05) is 0 Å². The second-order valence-corrected chi connectivity index (χ2v) is 7.22. The van der Waals surface area contributed by atoms with Gasteiger partial charge in [0.1, 0.15) is 0 Å². The van der Waals surface area contributed by atoms with Crippen molar-refractivity contribution in [1.82, 2.24) is 5.32 Å². The first-order chi connectivity index (χ1) is 10.6. The van der Waals surface area contributed by atoms with Crippen molar-refractivity contribution in [3.8, 4) is 0 Å². The third-order valence-electron chi connectivity index (χ3n) is 2.88. The largest absolute Gasteiger partial charge is 0.300 e. The minimum Gasteiger partial charge on any atom is -0.300 e. The molecule has 2 aromatic rings. The van der Waals surface area contributed by atoms with E-state index in [4.69, 9.17) is 11.6 Å². The van der Waals surface area contributed by atoms with Gasteiger partial charge in [-0.25, -0.2) is 4.99 Å². The van der Waals surface area contributed by atoms with Gasteiger partial charge in [0.15, 0.2) is 5.17 Å². The molecule has 3 rings (SSSR count). The summed E-state index contributed by atoms with van der Waals surface area (Å²) < 4.78 is 1.15. The lowest BCUT2D eigenvalue weighted by molar-refractivity contribution is -0.115. The lowest BCUT2D eigenvalue weighted by Crippen LogP contribution is -2.19. The number of nitrogens with zero attached hydrogens (tertiary/aromatic N) is 1. The van der Waals surface area contributed by atoms with Gasteiger partial charge in [-0.05, 0) is 82.4 Å². The Morgan fingerprint density at radius 1 is 1.09 bits per heavy atom. The number of amides is 1. The molecule has 1 aliphatic heterocycles. The van der Waals surface area contributed by atoms with Crippen LogP contribution in [-0.4, -0.2) is 11.1 Å². The van der Waals surface area contributed by atoms with Crippen molar-refractivity contribution in [2.24, 2.45) is 4.99 Å². The van der Waals surface area contributed by atoms with Crippen LogP contribution in [0, 0.1) is 3.57 Å². The maximum atomic E-state index is 12.0. The summed E-state index contributed by atoms with van der Waals surface area (Å²) in [5.74, 6) is -0.135. The van der Waals surface area contributed by atoms with Crippen LogP contribution in [0.3, 0.4) is 0 Å². The zero-order valence-electron chi connectivity index (χ0n) is 11.2. The molecule has 1 N–H and O–H groups in total. The maximum absolute atomic E-state index is 12.0. The third kappa shape index (κ3) is 3.91. The molecule has 110 valence electrons. The van der Waals surface area contributed by atoms with E-state index in [-0.39, 0.29) is 5.91 Å². The van der Waals surface area contributed by atoms with Gasteiger partial charge >= 0.3 is 0 Å². The number of rotatable bonds is 2. The van der Waals surface area contributed by atoms with Crippen LogP contribution in [-0.2, 0) is 4.79 Å². The number of nitrogens with one attached hydrogen (secondary N) is 1. The molecular weight excluding hydrogens is 431 g/mol. The Hall–Kier alpha value is -1.31. The Bertz CT molecular complexity index is 770. The summed E-state index contributed by atoms with van der Waals surface area (Å²) in [4.78, 5) is 17.0. The Labute approximate surface area is 151 Å². The molecule has 6 heteroatoms. The SMILES string of the molecule is O=C1NC(=Nc2ccc(I)cc2)S/C1=C/c1ccc(Cl)cc1. The first-order valence-corrected chi connectivity index (χ1v) is 8.68. The Morgan fingerprint density at radius 3 is 2.45 bits per heavy atom. The summed E-state index contributed by atoms with van der Waals surface area (Å²) >= 11 is 9.43. The number of amidine groups is 1. The molecule has 0 atom stereocenters. The van der Waals surface area contributed by atoms with E-state index in [2.05, 4.69) is 32.9 Å². The van der Waals surface area contributed by atoms with Gasteiger partial charge in [0.05, 0.1) is 10.6 Å². The molecule has 1 aliphatic rings. The van der Waals surface area contributed by atoms with Gasteiger partial charge in [-0.3, -0.25) is 4.79 Å². The molecule has 1 amide bonds. The van der Waals surface area contributed by atoms with Gasteiger partial charge in [-0.1, -0.05) is 23.7 Å². The van der Waals surface area contributed by atoms with E-state index in [1.807, 2.05) is 42.5 Å². The average molecular weight is 441 g/mol. The summed E-state index contributed by atoms with van der Waals surface area (Å²) in [5.41, 5.74) is 1.74. The minimum absolute atomic E-state index is 0.135. The number of thioether (sulfide) groups is 1. The molecule has 1 saturated heterocycles. The van der Waals surface area contributed by atoms with Crippen molar-refractivity contribution in [3.63, 3.8) is 0 Å². The van der Waals surface area contributed by atoms with Crippen LogP contribution < -0.4 is 5.32 Å². The van der Waals surface area contributed by atoms with Gasteiger partial charge < -0.3 is 5.32 Å². The van der Waals surface area contributed by atoms with Crippen LogP contribution in [0.2, 0.25) is 5.02 Å². The lowest BCUT2D eigenvalue weighted by Gasteiger charge is -1.96. The number of benzene rings is 2. The Balaban J connectivity index is 1.80. The van der Waals surface area contributed by atoms with Gasteiger partial charge in [-0.15, -0.1) is 0 Å². The quantitative estimate of drug-likeness (QED) is 0.536. The molecule has 3 nitrogen and oxygen atoms in total. The number of carbonyl (C=O) groups excluding carboxylic acids is 1. The highest BCUT2D eigenvalue weighted by Crippen LogP contribution is 2.28. The Kier molecular flexibility index (Phi) is 4.85. The molecule has 0 unspecified atom stereocenters. The monoisotopic (exact) mass is 440 g/mol. The number of hydrogen-bond acceptors (Lipinski definition) is 3. The van der Waals surface area contributed by atoms with Crippen LogP contribution in [0.4, 0.5) is 5.69 Å². The maximum Gasteiger partial charge on any atom is 0.264 e. The molecule has 1 fully saturated rings. The Morgan fingerprint density at radius 2 is 1.77 bits per heavy atom. The zero-order chi connectivity index (χ0) is 15.5. The second-order valence-electron chi connectivity index (χ2n) is 4.51. The predicted molar refractivity (Wildman–Crippen MR) is 101 cm³/mol. The molecule has 2 aromatic carbocycles. The highest BCUT2D eigenvalue weighted by Gasteiger charge is 2.23. The molecule has 0 spiro atoms. The first-order valence-electron chi connectivity index (χ1n) is 6.41. The van der Waals surface area contributed by atoms with E-state index in [0.29, 0.717) is 15.1 Å². The molecule has 0 aromatic heterocycles. The fourth-order valence-electron chi connectivity index (χ4n) is 1.82. The number of carbonyl (C=O) groups is 1. The molecule has 0 radical (unpaired) electrons. The molecule has 0 saturated carbocycles. The average Bonchev–Trinajstić information content (AvgIpc) is 2.84. The number of aliphatic imine (C=N–C) groups is 1. The fourth-order valence-corrected chi connectivity index (χ4v) is 3.15. The smallest absolute Gasteiger partial charge is 0.264 e. The van der Waals surface area contributed by atoms with E-state index in [1.165, 1.54) is 11.8 Å². The summed E-state index contributed by atoms with van der Waals surface area (Å²) in [7, 11) is 0. The van der Waals surface area contributed by atoms with Crippen LogP contribution in [0.5, 0.6) is 0 Å². The highest BCUT2D eigenvalue weighted by molar-refractivity contribution is 14.1. The van der Waals surface area contributed by atoms with Gasteiger partial charge in [0.25, 0.3) is 5.91 Å². The number of halogens is 2. The molecule has 22 heavy (non-hydrogen) atoms. The van der Waals surface area contributed by atoms with Crippen LogP contribution >= 0.6 is 46.0 Å². The number of hydrogen-bond donors (Lipinski definition) is 1. The van der Waals surface area contributed by atoms with Crippen molar-refractivity contribution in [2.45, 2.75) is 0 Å². The first kappa shape index (κ1) is 15.6. The summed E-state index contributed by atoms with van der Waals surface area (Å²) in [5, 5.41) is 4.04. The van der Waals surface area contributed by atoms with Crippen LogP contribution in [0.15, 0.2) is 58.4 Å². The highest BCUT2D eigenvalue weighted by atomic mass is 127. The third-order valence-corrected chi connectivity index (χ3v) is 4.76. The van der Waals surface area contributed by atoms with E-state index < -0.39 is 0 Å². The lowest BCUT2D eigenvalue weighted by atomic mass is 10.2. The topological polar surface area (TPSA) is 41.5 Å². The van der Waals surface area contributed by atoms with Crippen molar-refractivity contribution in [3.05, 3.63) is 67.6 Å². The van der Waals surface area contributed by atoms with E-state index in [9.17, 15) is 4.79 Å². The zero-order valence-corrected chi connectivity index (χ0v) is 14.9. The van der Waals surface area contributed by atoms with E-state index in [0.717, 1.165) is 14.8 Å². The van der Waals surface area contributed by atoms with Crippen molar-refractivity contribution < 1.29 is 4.79 Å². The standard InChI is InChI=1S/C16H10ClIN2OS/c17-11-3-1-10(2-4-11)9-14-15(21)20-16(22-14)19-13-7-5-12(18)6-8-13/h1-9H,(H,19,20,21)/b14-9+. The summed E-state index contributed by atoms with van der Waals surface area (Å²) in [6.45, 7) is 0. The molecule has 0 aliphatic carbocycles. The second kappa shape index (κ2) is 6.85. The van der Waals surface area contributed by atoms with Gasteiger partial charge in [0, 0.05) is 8.59 Å². The molecular formula is C16H10ClIN2OS. The van der Waals surface area contributed by atoms with Gasteiger partial charge in [0.2, 0.25) is 0 Å². The van der Waals surface area contributed by atoms with Crippen molar-refractivity contribution in [1.29, 1.82) is 0 Å². The van der Waals surface area contributed by atoms with Crippen LogP contribution in [0.1, 0.15) is 5.56 Å². The summed E-state index contributed by atoms with van der Waals surface area (Å²) in [6, 6.07) is 15.1. The molecule has 1 heterocycles. The van der Waals surface area contributed by atoms with E-state index >= 15 is 0 Å². The fraction of sp³-hybridized carbons (Fsp3) is 0. The minimum atomic E-state index is -0.135. The predicted octanol–water partition coefficient (Wildman–Crippen LogP) is 4.84. The normalized spacial score (nSPS) is 18.0.